The number of ether oxygens (including phenoxy) is 1. The molecule has 1 aromatic heterocycles. The Bertz CT molecular complexity index is 331. The van der Waals surface area contributed by atoms with Crippen LogP contribution in [0, 0.1) is 5.92 Å². The monoisotopic (exact) mass is 241 g/mol. The predicted molar refractivity (Wildman–Crippen MR) is 63.7 cm³/mol. The van der Waals surface area contributed by atoms with Gasteiger partial charge in [0.1, 0.15) is 11.0 Å². The van der Waals surface area contributed by atoms with Crippen LogP contribution in [0.4, 0.5) is 5.82 Å². The van der Waals surface area contributed by atoms with Gasteiger partial charge in [-0.3, -0.25) is 4.98 Å². The van der Waals surface area contributed by atoms with E-state index in [9.17, 15) is 0 Å². The summed E-state index contributed by atoms with van der Waals surface area (Å²) in [6.45, 7) is 2.56. The van der Waals surface area contributed by atoms with Crippen LogP contribution < -0.4 is 5.32 Å². The number of hydrogen-bond donors (Lipinski definition) is 1. The van der Waals surface area contributed by atoms with Gasteiger partial charge >= 0.3 is 0 Å². The zero-order valence-corrected chi connectivity index (χ0v) is 9.91. The van der Waals surface area contributed by atoms with Gasteiger partial charge in [0.25, 0.3) is 0 Å². The van der Waals surface area contributed by atoms with Crippen LogP contribution in [0.5, 0.6) is 0 Å². The average Bonchev–Trinajstić information content (AvgIpc) is 3.07. The number of nitrogens with zero attached hydrogens (tertiary/aromatic N) is 2. The normalized spacial score (nSPS) is 15.1. The van der Waals surface area contributed by atoms with Crippen molar-refractivity contribution in [1.82, 2.24) is 9.97 Å². The molecular weight excluding hydrogens is 226 g/mol. The molecule has 0 unspecified atom stereocenters. The SMILES string of the molecule is Clc1cncc(NCCCOCC2CC2)n1. The lowest BCUT2D eigenvalue weighted by Crippen LogP contribution is -2.08. The summed E-state index contributed by atoms with van der Waals surface area (Å²) in [6, 6.07) is 0. The Balaban J connectivity index is 1.53. The first-order valence-corrected chi connectivity index (χ1v) is 6.01. The fraction of sp³-hybridized carbons (Fsp3) is 0.636. The molecule has 0 radical (unpaired) electrons. The third-order valence-electron chi connectivity index (χ3n) is 2.43. The number of aromatic nitrogens is 2. The fourth-order valence-corrected chi connectivity index (χ4v) is 1.50. The Morgan fingerprint density at radius 3 is 3.06 bits per heavy atom. The molecule has 0 atom stereocenters. The van der Waals surface area contributed by atoms with Crippen molar-refractivity contribution >= 4 is 17.4 Å². The van der Waals surface area contributed by atoms with Crippen molar-refractivity contribution in [3.63, 3.8) is 0 Å². The molecule has 4 nitrogen and oxygen atoms in total. The zero-order chi connectivity index (χ0) is 11.2. The maximum Gasteiger partial charge on any atom is 0.149 e. The van der Waals surface area contributed by atoms with Crippen LogP contribution in [0.25, 0.3) is 0 Å². The van der Waals surface area contributed by atoms with Crippen LogP contribution in [0.2, 0.25) is 5.15 Å². The molecule has 16 heavy (non-hydrogen) atoms. The molecule has 0 amide bonds. The van der Waals surface area contributed by atoms with E-state index in [-0.39, 0.29) is 0 Å². The number of hydrogen-bond acceptors (Lipinski definition) is 4. The minimum Gasteiger partial charge on any atom is -0.381 e. The highest BCUT2D eigenvalue weighted by atomic mass is 35.5. The van der Waals surface area contributed by atoms with Crippen molar-refractivity contribution in [1.29, 1.82) is 0 Å². The first-order chi connectivity index (χ1) is 7.84. The second-order valence-corrected chi connectivity index (χ2v) is 4.41. The van der Waals surface area contributed by atoms with Crippen LogP contribution >= 0.6 is 11.6 Å². The predicted octanol–water partition coefficient (Wildman–Crippen LogP) is 2.36. The third kappa shape index (κ3) is 4.33. The van der Waals surface area contributed by atoms with E-state index in [0.717, 1.165) is 37.9 Å². The quantitative estimate of drug-likeness (QED) is 0.745. The Hall–Kier alpha value is -0.870. The largest absolute Gasteiger partial charge is 0.381 e. The molecule has 1 saturated carbocycles. The maximum atomic E-state index is 5.71. The minimum absolute atomic E-state index is 0.412. The Morgan fingerprint density at radius 2 is 2.31 bits per heavy atom. The number of nitrogens with one attached hydrogen (secondary N) is 1. The standard InChI is InChI=1S/C11H16ClN3O/c12-10-6-13-7-11(15-10)14-4-1-5-16-8-9-2-3-9/h6-7,9H,1-5,8H2,(H,14,15). The molecule has 1 aliphatic rings. The van der Waals surface area contributed by atoms with E-state index < -0.39 is 0 Å². The van der Waals surface area contributed by atoms with Gasteiger partial charge in [0.05, 0.1) is 12.4 Å². The van der Waals surface area contributed by atoms with Gasteiger partial charge in [0.15, 0.2) is 0 Å². The number of halogens is 1. The first kappa shape index (κ1) is 11.6. The van der Waals surface area contributed by atoms with Crippen molar-refractivity contribution < 1.29 is 4.74 Å². The number of rotatable bonds is 7. The van der Waals surface area contributed by atoms with Gasteiger partial charge in [0.2, 0.25) is 0 Å². The van der Waals surface area contributed by atoms with Crippen LogP contribution in [-0.2, 0) is 4.74 Å². The second kappa shape index (κ2) is 6.01. The Kier molecular flexibility index (Phi) is 4.36. The van der Waals surface area contributed by atoms with E-state index in [1.807, 2.05) is 0 Å². The van der Waals surface area contributed by atoms with Gasteiger partial charge in [-0.1, -0.05) is 11.6 Å². The van der Waals surface area contributed by atoms with Crippen LogP contribution in [-0.4, -0.2) is 29.7 Å². The summed E-state index contributed by atoms with van der Waals surface area (Å²) < 4.78 is 5.52. The van der Waals surface area contributed by atoms with E-state index >= 15 is 0 Å². The average molecular weight is 242 g/mol. The molecule has 1 N–H and O–H groups in total. The Labute approximate surface area is 100 Å². The van der Waals surface area contributed by atoms with Crippen LogP contribution in [0.3, 0.4) is 0 Å². The molecule has 5 heteroatoms. The van der Waals surface area contributed by atoms with Crippen LogP contribution in [0.1, 0.15) is 19.3 Å². The van der Waals surface area contributed by atoms with Gasteiger partial charge in [0, 0.05) is 19.8 Å². The summed E-state index contributed by atoms with van der Waals surface area (Å²) in [5.74, 6) is 1.56. The lowest BCUT2D eigenvalue weighted by atomic mass is 10.4. The summed E-state index contributed by atoms with van der Waals surface area (Å²) in [6.07, 6.45) is 6.84. The molecule has 0 aliphatic heterocycles. The summed E-state index contributed by atoms with van der Waals surface area (Å²) >= 11 is 5.71. The lowest BCUT2D eigenvalue weighted by Gasteiger charge is -2.05. The lowest BCUT2D eigenvalue weighted by molar-refractivity contribution is 0.124. The van der Waals surface area contributed by atoms with Crippen molar-refractivity contribution in [2.45, 2.75) is 19.3 Å². The smallest absolute Gasteiger partial charge is 0.149 e. The van der Waals surface area contributed by atoms with Crippen molar-refractivity contribution in [3.8, 4) is 0 Å². The highest BCUT2D eigenvalue weighted by Gasteiger charge is 2.20. The topological polar surface area (TPSA) is 47.0 Å². The van der Waals surface area contributed by atoms with Crippen LogP contribution in [0.15, 0.2) is 12.4 Å². The molecule has 1 aliphatic carbocycles. The van der Waals surface area contributed by atoms with Crippen molar-refractivity contribution in [2.24, 2.45) is 5.92 Å². The summed E-state index contributed by atoms with van der Waals surface area (Å²) in [5.41, 5.74) is 0. The highest BCUT2D eigenvalue weighted by Crippen LogP contribution is 2.28. The maximum absolute atomic E-state index is 5.71. The number of anilines is 1. The summed E-state index contributed by atoms with van der Waals surface area (Å²) in [4.78, 5) is 8.02. The second-order valence-electron chi connectivity index (χ2n) is 4.03. The highest BCUT2D eigenvalue weighted by molar-refractivity contribution is 6.29. The van der Waals surface area contributed by atoms with Crippen molar-refractivity contribution in [2.75, 3.05) is 25.1 Å². The molecule has 0 spiro atoms. The molecule has 88 valence electrons. The van der Waals surface area contributed by atoms with Gasteiger partial charge in [-0.25, -0.2) is 4.98 Å². The summed E-state index contributed by atoms with van der Waals surface area (Å²) in [7, 11) is 0. The molecule has 1 heterocycles. The van der Waals surface area contributed by atoms with Gasteiger partial charge < -0.3 is 10.1 Å². The van der Waals surface area contributed by atoms with E-state index in [1.54, 1.807) is 6.20 Å². The molecular formula is C11H16ClN3O. The fourth-order valence-electron chi connectivity index (χ4n) is 1.35. The van der Waals surface area contributed by atoms with Gasteiger partial charge in [-0.2, -0.15) is 0 Å². The summed E-state index contributed by atoms with van der Waals surface area (Å²) in [5, 5.41) is 3.56. The molecule has 2 rings (SSSR count). The molecule has 0 bridgehead atoms. The van der Waals surface area contributed by atoms with E-state index in [1.165, 1.54) is 19.0 Å². The molecule has 0 aromatic carbocycles. The zero-order valence-electron chi connectivity index (χ0n) is 9.16. The van der Waals surface area contributed by atoms with Gasteiger partial charge in [-0.15, -0.1) is 0 Å². The third-order valence-corrected chi connectivity index (χ3v) is 2.61. The van der Waals surface area contributed by atoms with Crippen molar-refractivity contribution in [3.05, 3.63) is 17.5 Å². The minimum atomic E-state index is 0.412. The first-order valence-electron chi connectivity index (χ1n) is 5.64. The van der Waals surface area contributed by atoms with E-state index in [0.29, 0.717) is 5.15 Å². The Morgan fingerprint density at radius 1 is 1.44 bits per heavy atom. The van der Waals surface area contributed by atoms with E-state index in [2.05, 4.69) is 15.3 Å². The van der Waals surface area contributed by atoms with E-state index in [4.69, 9.17) is 16.3 Å². The molecule has 0 saturated heterocycles. The molecule has 1 aromatic rings. The molecule has 1 fully saturated rings. The van der Waals surface area contributed by atoms with Gasteiger partial charge in [-0.05, 0) is 25.2 Å².